The number of para-hydroxylation sites is 2. The number of nitrogens with one attached hydrogen (secondary N) is 2. The molecule has 0 amide bonds. The summed E-state index contributed by atoms with van der Waals surface area (Å²) < 4.78 is 11.4. The highest BCUT2D eigenvalue weighted by atomic mass is 16.5. The summed E-state index contributed by atoms with van der Waals surface area (Å²) in [5.41, 5.74) is 0.887. The second-order valence-electron chi connectivity index (χ2n) is 5.52. The van der Waals surface area contributed by atoms with Crippen molar-refractivity contribution in [3.8, 4) is 34.0 Å². The van der Waals surface area contributed by atoms with Gasteiger partial charge in [-0.05, 0) is 38.1 Å². The molecule has 134 valence electrons. The maximum Gasteiger partial charge on any atom is 0.314 e. The van der Waals surface area contributed by atoms with E-state index in [1.54, 1.807) is 0 Å². The molecular weight excluding hydrogens is 332 g/mol. The van der Waals surface area contributed by atoms with Crippen LogP contribution >= 0.6 is 0 Å². The van der Waals surface area contributed by atoms with Gasteiger partial charge in [0.15, 0.2) is 0 Å². The monoisotopic (exact) mass is 352 g/mol. The zero-order chi connectivity index (χ0) is 18.5. The fourth-order valence-electron chi connectivity index (χ4n) is 2.78. The van der Waals surface area contributed by atoms with E-state index in [0.29, 0.717) is 47.2 Å². The van der Waals surface area contributed by atoms with Crippen LogP contribution in [-0.2, 0) is 0 Å². The third kappa shape index (κ3) is 3.39. The minimum atomic E-state index is -0.719. The van der Waals surface area contributed by atoms with Crippen LogP contribution in [0.3, 0.4) is 0 Å². The van der Waals surface area contributed by atoms with Gasteiger partial charge in [0.05, 0.1) is 24.6 Å². The molecule has 0 fully saturated rings. The number of aromatic amines is 2. The predicted molar refractivity (Wildman–Crippen MR) is 101 cm³/mol. The predicted octanol–water partition coefficient (Wildman–Crippen LogP) is 3.19. The summed E-state index contributed by atoms with van der Waals surface area (Å²) >= 11 is 0. The summed E-state index contributed by atoms with van der Waals surface area (Å²) in [7, 11) is 0. The average molecular weight is 352 g/mol. The average Bonchev–Trinajstić information content (AvgIpc) is 2.65. The Labute approximate surface area is 150 Å². The molecule has 6 nitrogen and oxygen atoms in total. The maximum absolute atomic E-state index is 12.0. The van der Waals surface area contributed by atoms with Gasteiger partial charge in [0, 0.05) is 11.1 Å². The third-order valence-electron chi connectivity index (χ3n) is 3.85. The lowest BCUT2D eigenvalue weighted by atomic mass is 10.0. The quantitative estimate of drug-likeness (QED) is 0.667. The van der Waals surface area contributed by atoms with E-state index in [1.165, 1.54) is 0 Å². The lowest BCUT2D eigenvalue weighted by Crippen LogP contribution is -2.30. The van der Waals surface area contributed by atoms with Gasteiger partial charge in [-0.25, -0.2) is 0 Å². The van der Waals surface area contributed by atoms with Gasteiger partial charge < -0.3 is 19.4 Å². The Balaban J connectivity index is 2.31. The van der Waals surface area contributed by atoms with Crippen molar-refractivity contribution in [3.05, 3.63) is 69.2 Å². The molecular formula is C20H20N2O4. The van der Waals surface area contributed by atoms with Gasteiger partial charge in [-0.2, -0.15) is 0 Å². The Bertz CT molecular complexity index is 938. The number of hydrogen-bond acceptors (Lipinski definition) is 4. The lowest BCUT2D eigenvalue weighted by molar-refractivity contribution is 0.341. The van der Waals surface area contributed by atoms with Gasteiger partial charge >= 0.3 is 11.1 Å². The van der Waals surface area contributed by atoms with Gasteiger partial charge in [0.2, 0.25) is 0 Å². The van der Waals surface area contributed by atoms with E-state index in [9.17, 15) is 9.59 Å². The molecule has 0 aliphatic carbocycles. The molecule has 0 bridgehead atoms. The van der Waals surface area contributed by atoms with Gasteiger partial charge in [0.1, 0.15) is 11.5 Å². The Morgan fingerprint density at radius 1 is 0.692 bits per heavy atom. The van der Waals surface area contributed by atoms with Crippen LogP contribution in [0.2, 0.25) is 0 Å². The first-order valence-corrected chi connectivity index (χ1v) is 8.46. The van der Waals surface area contributed by atoms with E-state index >= 15 is 0 Å². The number of aromatic nitrogens is 2. The first kappa shape index (κ1) is 17.5. The van der Waals surface area contributed by atoms with E-state index in [2.05, 4.69) is 9.97 Å². The molecule has 6 heteroatoms. The molecule has 0 spiro atoms. The first-order chi connectivity index (χ1) is 12.7. The number of ether oxygens (including phenoxy) is 2. The highest BCUT2D eigenvalue weighted by Gasteiger charge is 2.17. The van der Waals surface area contributed by atoms with Crippen molar-refractivity contribution in [1.29, 1.82) is 0 Å². The van der Waals surface area contributed by atoms with Crippen molar-refractivity contribution in [3.63, 3.8) is 0 Å². The molecule has 3 rings (SSSR count). The van der Waals surface area contributed by atoms with Crippen molar-refractivity contribution >= 4 is 0 Å². The Morgan fingerprint density at radius 2 is 1.08 bits per heavy atom. The van der Waals surface area contributed by atoms with Crippen LogP contribution in [0.5, 0.6) is 11.5 Å². The van der Waals surface area contributed by atoms with Crippen molar-refractivity contribution in [2.45, 2.75) is 13.8 Å². The Kier molecular flexibility index (Phi) is 5.22. The van der Waals surface area contributed by atoms with Crippen LogP contribution < -0.4 is 20.6 Å². The summed E-state index contributed by atoms with van der Waals surface area (Å²) in [6.07, 6.45) is 0. The minimum absolute atomic E-state index is 0.478. The number of rotatable bonds is 6. The molecule has 0 saturated carbocycles. The first-order valence-electron chi connectivity index (χ1n) is 8.46. The van der Waals surface area contributed by atoms with E-state index < -0.39 is 11.1 Å². The van der Waals surface area contributed by atoms with E-state index in [0.717, 1.165) is 0 Å². The molecule has 0 saturated heterocycles. The number of H-pyrrole nitrogens is 2. The lowest BCUT2D eigenvalue weighted by Gasteiger charge is -2.15. The minimum Gasteiger partial charge on any atom is -0.493 e. The van der Waals surface area contributed by atoms with Crippen LogP contribution in [0, 0.1) is 0 Å². The van der Waals surface area contributed by atoms with Crippen LogP contribution in [0.1, 0.15) is 13.8 Å². The van der Waals surface area contributed by atoms with Crippen LogP contribution in [0.4, 0.5) is 0 Å². The van der Waals surface area contributed by atoms with Crippen LogP contribution in [0.25, 0.3) is 22.5 Å². The van der Waals surface area contributed by atoms with Crippen molar-refractivity contribution in [2.24, 2.45) is 0 Å². The molecule has 26 heavy (non-hydrogen) atoms. The standard InChI is InChI=1S/C20H20N2O4/c1-3-25-15-11-7-5-9-13(15)17-18(22-20(24)19(23)21-17)14-10-6-8-12-16(14)26-4-2/h5-12H,3-4H2,1-2H3,(H,21,23)(H,22,24). The molecule has 1 heterocycles. The summed E-state index contributed by atoms with van der Waals surface area (Å²) in [5, 5.41) is 0. The Hall–Kier alpha value is -3.28. The van der Waals surface area contributed by atoms with Gasteiger partial charge in [0.25, 0.3) is 0 Å². The zero-order valence-corrected chi connectivity index (χ0v) is 14.7. The number of benzene rings is 2. The molecule has 0 atom stereocenters. The summed E-state index contributed by atoms with van der Waals surface area (Å²) in [6.45, 7) is 4.74. The summed E-state index contributed by atoms with van der Waals surface area (Å²) in [5.74, 6) is 1.24. The molecule has 0 unspecified atom stereocenters. The largest absolute Gasteiger partial charge is 0.493 e. The van der Waals surface area contributed by atoms with Gasteiger partial charge in [-0.1, -0.05) is 24.3 Å². The van der Waals surface area contributed by atoms with Crippen molar-refractivity contribution in [2.75, 3.05) is 13.2 Å². The molecule has 0 aliphatic heterocycles. The van der Waals surface area contributed by atoms with Gasteiger partial charge in [-0.15, -0.1) is 0 Å². The second kappa shape index (κ2) is 7.74. The Morgan fingerprint density at radius 3 is 1.46 bits per heavy atom. The highest BCUT2D eigenvalue weighted by molar-refractivity contribution is 5.83. The summed E-state index contributed by atoms with van der Waals surface area (Å²) in [6, 6.07) is 14.7. The molecule has 2 N–H and O–H groups in total. The van der Waals surface area contributed by atoms with E-state index in [1.807, 2.05) is 62.4 Å². The molecule has 2 aromatic carbocycles. The molecule has 3 aromatic rings. The van der Waals surface area contributed by atoms with Crippen molar-refractivity contribution < 1.29 is 9.47 Å². The third-order valence-corrected chi connectivity index (χ3v) is 3.85. The topological polar surface area (TPSA) is 84.2 Å². The fraction of sp³-hybridized carbons (Fsp3) is 0.200. The SMILES string of the molecule is CCOc1ccccc1-c1[nH]c(=O)c(=O)[nH]c1-c1ccccc1OCC. The normalized spacial score (nSPS) is 10.5. The highest BCUT2D eigenvalue weighted by Crippen LogP contribution is 2.37. The molecule has 0 aliphatic rings. The second-order valence-corrected chi connectivity index (χ2v) is 5.52. The zero-order valence-electron chi connectivity index (χ0n) is 14.7. The van der Waals surface area contributed by atoms with Crippen LogP contribution in [-0.4, -0.2) is 23.2 Å². The van der Waals surface area contributed by atoms with Gasteiger partial charge in [-0.3, -0.25) is 9.59 Å². The van der Waals surface area contributed by atoms with Crippen LogP contribution in [0.15, 0.2) is 58.1 Å². The molecule has 1 aromatic heterocycles. The van der Waals surface area contributed by atoms with E-state index in [-0.39, 0.29) is 0 Å². The summed E-state index contributed by atoms with van der Waals surface area (Å²) in [4.78, 5) is 29.4. The van der Waals surface area contributed by atoms with E-state index in [4.69, 9.17) is 9.47 Å². The molecule has 0 radical (unpaired) electrons. The number of hydrogen-bond donors (Lipinski definition) is 2. The fourth-order valence-corrected chi connectivity index (χ4v) is 2.78. The van der Waals surface area contributed by atoms with Crippen molar-refractivity contribution in [1.82, 2.24) is 9.97 Å². The maximum atomic E-state index is 12.0. The smallest absolute Gasteiger partial charge is 0.314 e.